The molecule has 0 saturated carbocycles. The number of amides is 1. The first-order valence-electron chi connectivity index (χ1n) is 9.58. The van der Waals surface area contributed by atoms with Crippen LogP contribution in [0.5, 0.6) is 0 Å². The number of hydrogen-bond acceptors (Lipinski definition) is 5. The number of hydrogen-bond donors (Lipinski definition) is 3. The molecule has 5 rings (SSSR count). The lowest BCUT2D eigenvalue weighted by atomic mass is 9.98. The van der Waals surface area contributed by atoms with Crippen molar-refractivity contribution in [2.45, 2.75) is 31.8 Å². The number of aliphatic hydroxyl groups excluding tert-OH is 2. The summed E-state index contributed by atoms with van der Waals surface area (Å²) in [5.41, 5.74) is 5.44. The molecule has 28 heavy (non-hydrogen) atoms. The number of likely N-dealkylation sites (tertiary alicyclic amines) is 1. The van der Waals surface area contributed by atoms with Crippen LogP contribution in [-0.4, -0.2) is 46.3 Å². The van der Waals surface area contributed by atoms with E-state index in [0.717, 1.165) is 34.5 Å². The SMILES string of the molecule is O=C1Nc2ccccc2/C1=C1\OCc2cc(CN3CC[C@H](O)[C@H](O)C3)ccc21. The van der Waals surface area contributed by atoms with E-state index >= 15 is 0 Å². The van der Waals surface area contributed by atoms with E-state index in [1.54, 1.807) is 0 Å². The third kappa shape index (κ3) is 2.90. The quantitative estimate of drug-likeness (QED) is 0.696. The summed E-state index contributed by atoms with van der Waals surface area (Å²) in [6.45, 7) is 2.39. The van der Waals surface area contributed by atoms with Crippen molar-refractivity contribution in [1.29, 1.82) is 0 Å². The number of nitrogens with zero attached hydrogens (tertiary/aromatic N) is 1. The van der Waals surface area contributed by atoms with Gasteiger partial charge in [-0.2, -0.15) is 0 Å². The number of rotatable bonds is 2. The highest BCUT2D eigenvalue weighted by atomic mass is 16.5. The number of nitrogens with one attached hydrogen (secondary N) is 1. The van der Waals surface area contributed by atoms with E-state index in [0.29, 0.717) is 37.4 Å². The van der Waals surface area contributed by atoms with E-state index in [1.165, 1.54) is 0 Å². The van der Waals surface area contributed by atoms with Crippen molar-refractivity contribution in [3.05, 3.63) is 64.7 Å². The number of benzene rings is 2. The second-order valence-electron chi connectivity index (χ2n) is 7.64. The number of anilines is 1. The van der Waals surface area contributed by atoms with Crippen molar-refractivity contribution in [2.75, 3.05) is 18.4 Å². The zero-order chi connectivity index (χ0) is 19.3. The molecule has 0 aromatic heterocycles. The number of aliphatic hydroxyl groups is 2. The lowest BCUT2D eigenvalue weighted by Crippen LogP contribution is -2.46. The van der Waals surface area contributed by atoms with Gasteiger partial charge in [0, 0.05) is 42.0 Å². The largest absolute Gasteiger partial charge is 0.487 e. The molecule has 144 valence electrons. The Morgan fingerprint density at radius 3 is 2.82 bits per heavy atom. The summed E-state index contributed by atoms with van der Waals surface area (Å²) in [7, 11) is 0. The molecule has 3 N–H and O–H groups in total. The van der Waals surface area contributed by atoms with Crippen molar-refractivity contribution in [3.63, 3.8) is 0 Å². The summed E-state index contributed by atoms with van der Waals surface area (Å²) in [4.78, 5) is 14.7. The maximum atomic E-state index is 12.5. The minimum absolute atomic E-state index is 0.131. The monoisotopic (exact) mass is 378 g/mol. The van der Waals surface area contributed by atoms with Crippen LogP contribution in [0.3, 0.4) is 0 Å². The number of carbonyl (C=O) groups excluding carboxylic acids is 1. The first-order chi connectivity index (χ1) is 13.6. The van der Waals surface area contributed by atoms with Gasteiger partial charge in [-0.1, -0.05) is 36.4 Å². The van der Waals surface area contributed by atoms with Crippen LogP contribution in [0.25, 0.3) is 11.3 Å². The fourth-order valence-corrected chi connectivity index (χ4v) is 4.25. The Hall–Kier alpha value is -2.67. The summed E-state index contributed by atoms with van der Waals surface area (Å²) in [6, 6.07) is 13.8. The zero-order valence-electron chi connectivity index (χ0n) is 15.4. The first-order valence-corrected chi connectivity index (χ1v) is 9.58. The summed E-state index contributed by atoms with van der Waals surface area (Å²) < 4.78 is 5.94. The Morgan fingerprint density at radius 1 is 1.11 bits per heavy atom. The highest BCUT2D eigenvalue weighted by Gasteiger charge is 2.32. The number of piperidine rings is 1. The predicted molar refractivity (Wildman–Crippen MR) is 105 cm³/mol. The van der Waals surface area contributed by atoms with E-state index in [9.17, 15) is 15.0 Å². The van der Waals surface area contributed by atoms with Crippen LogP contribution in [0.1, 0.15) is 28.7 Å². The van der Waals surface area contributed by atoms with Gasteiger partial charge in [0.25, 0.3) is 5.91 Å². The van der Waals surface area contributed by atoms with Gasteiger partial charge in [0.05, 0.1) is 17.8 Å². The number of para-hydroxylation sites is 1. The third-order valence-corrected chi connectivity index (χ3v) is 5.72. The summed E-state index contributed by atoms with van der Waals surface area (Å²) in [5.74, 6) is 0.509. The highest BCUT2D eigenvalue weighted by Crippen LogP contribution is 2.41. The lowest BCUT2D eigenvalue weighted by molar-refractivity contribution is -0.110. The van der Waals surface area contributed by atoms with Gasteiger partial charge in [-0.05, 0) is 18.1 Å². The van der Waals surface area contributed by atoms with Crippen LogP contribution in [0.4, 0.5) is 5.69 Å². The molecule has 2 aromatic rings. The van der Waals surface area contributed by atoms with Gasteiger partial charge in [0.15, 0.2) is 0 Å². The normalized spacial score (nSPS) is 26.6. The van der Waals surface area contributed by atoms with Gasteiger partial charge in [0.2, 0.25) is 0 Å². The predicted octanol–water partition coefficient (Wildman–Crippen LogP) is 1.96. The number of β-amino-alcohol motifs (C(OH)–C–C–N with tert-alkyl or cyclic N) is 1. The van der Waals surface area contributed by atoms with E-state index in [1.807, 2.05) is 36.4 Å². The number of carbonyl (C=O) groups is 1. The van der Waals surface area contributed by atoms with E-state index in [-0.39, 0.29) is 5.91 Å². The molecule has 3 aliphatic heterocycles. The second-order valence-corrected chi connectivity index (χ2v) is 7.64. The maximum Gasteiger partial charge on any atom is 0.260 e. The van der Waals surface area contributed by atoms with Crippen molar-refractivity contribution < 1.29 is 19.7 Å². The van der Waals surface area contributed by atoms with Crippen LogP contribution in [0.15, 0.2) is 42.5 Å². The molecule has 0 aliphatic carbocycles. The summed E-state index contributed by atoms with van der Waals surface area (Å²) >= 11 is 0. The molecule has 3 heterocycles. The Morgan fingerprint density at radius 2 is 1.96 bits per heavy atom. The second kappa shape index (κ2) is 6.74. The molecule has 0 unspecified atom stereocenters. The van der Waals surface area contributed by atoms with Gasteiger partial charge >= 0.3 is 0 Å². The Balaban J connectivity index is 1.43. The van der Waals surface area contributed by atoms with Crippen LogP contribution < -0.4 is 5.32 Å². The third-order valence-electron chi connectivity index (χ3n) is 5.72. The smallest absolute Gasteiger partial charge is 0.260 e. The fourth-order valence-electron chi connectivity index (χ4n) is 4.25. The Labute approximate surface area is 163 Å². The topological polar surface area (TPSA) is 82.0 Å². The lowest BCUT2D eigenvalue weighted by Gasteiger charge is -2.33. The Kier molecular flexibility index (Phi) is 4.19. The van der Waals surface area contributed by atoms with Crippen molar-refractivity contribution in [3.8, 4) is 0 Å². The van der Waals surface area contributed by atoms with Crippen molar-refractivity contribution >= 4 is 22.9 Å². The standard InChI is InChI=1S/C22H22N2O4/c25-18-7-8-24(11-19(18)26)10-13-5-6-15-14(9-13)12-28-21(15)20-16-3-1-2-4-17(16)23-22(20)27/h1-6,9,18-19,25-26H,7-8,10-12H2,(H,23,27)/b21-20+/t18-,19+/m0/s1. The minimum atomic E-state index is -0.691. The molecule has 1 fully saturated rings. The average Bonchev–Trinajstić information content (AvgIpc) is 3.24. The zero-order valence-corrected chi connectivity index (χ0v) is 15.4. The molecule has 2 aromatic carbocycles. The van der Waals surface area contributed by atoms with Gasteiger partial charge in [-0.15, -0.1) is 0 Å². The first kappa shape index (κ1) is 17.4. The molecule has 0 radical (unpaired) electrons. The van der Waals surface area contributed by atoms with E-state index < -0.39 is 12.2 Å². The summed E-state index contributed by atoms with van der Waals surface area (Å²) in [5, 5.41) is 22.5. The highest BCUT2D eigenvalue weighted by molar-refractivity contribution is 6.36. The van der Waals surface area contributed by atoms with Crippen LogP contribution in [-0.2, 0) is 22.7 Å². The average molecular weight is 378 g/mol. The molecule has 0 bridgehead atoms. The van der Waals surface area contributed by atoms with Gasteiger partial charge in [-0.3, -0.25) is 9.69 Å². The van der Waals surface area contributed by atoms with Crippen LogP contribution >= 0.6 is 0 Å². The van der Waals surface area contributed by atoms with Crippen molar-refractivity contribution in [2.24, 2.45) is 0 Å². The van der Waals surface area contributed by atoms with Crippen molar-refractivity contribution in [1.82, 2.24) is 4.90 Å². The molecule has 0 spiro atoms. The number of ether oxygens (including phenoxy) is 1. The Bertz CT molecular complexity index is 984. The molecule has 1 amide bonds. The van der Waals surface area contributed by atoms with Gasteiger partial charge in [-0.25, -0.2) is 0 Å². The molecule has 6 nitrogen and oxygen atoms in total. The summed E-state index contributed by atoms with van der Waals surface area (Å²) in [6.07, 6.45) is -0.733. The molecular weight excluding hydrogens is 356 g/mol. The molecule has 1 saturated heterocycles. The van der Waals surface area contributed by atoms with Gasteiger partial charge in [0.1, 0.15) is 12.4 Å². The fraction of sp³-hybridized carbons (Fsp3) is 0.318. The maximum absolute atomic E-state index is 12.5. The molecule has 2 atom stereocenters. The molecule has 3 aliphatic rings. The molecule has 6 heteroatoms. The van der Waals surface area contributed by atoms with Gasteiger partial charge < -0.3 is 20.3 Å². The molecular formula is C22H22N2O4. The van der Waals surface area contributed by atoms with Crippen LogP contribution in [0.2, 0.25) is 0 Å². The van der Waals surface area contributed by atoms with E-state index in [2.05, 4.69) is 16.3 Å². The van der Waals surface area contributed by atoms with E-state index in [4.69, 9.17) is 4.74 Å². The minimum Gasteiger partial charge on any atom is -0.487 e. The van der Waals surface area contributed by atoms with Crippen LogP contribution in [0, 0.1) is 0 Å². The number of fused-ring (bicyclic) bond motifs is 2.